The van der Waals surface area contributed by atoms with Crippen LogP contribution in [-0.2, 0) is 17.8 Å². The van der Waals surface area contributed by atoms with Crippen LogP contribution in [0.1, 0.15) is 12.5 Å². The first-order valence-electron chi connectivity index (χ1n) is 8.61. The molecule has 3 nitrogen and oxygen atoms in total. The lowest BCUT2D eigenvalue weighted by atomic mass is 10.1. The van der Waals surface area contributed by atoms with E-state index in [-0.39, 0.29) is 5.91 Å². The topological polar surface area (TPSA) is 34.0 Å². The van der Waals surface area contributed by atoms with Crippen LogP contribution in [0.3, 0.4) is 0 Å². The molecule has 0 spiro atoms. The summed E-state index contributed by atoms with van der Waals surface area (Å²) in [5.41, 5.74) is 4.29. The Morgan fingerprint density at radius 1 is 0.880 bits per heavy atom. The van der Waals surface area contributed by atoms with Gasteiger partial charge in [-0.25, -0.2) is 0 Å². The van der Waals surface area contributed by atoms with Gasteiger partial charge >= 0.3 is 0 Å². The molecule has 3 heteroatoms. The number of nitrogens with zero attached hydrogens (tertiary/aromatic N) is 1. The van der Waals surface area contributed by atoms with Crippen molar-refractivity contribution in [2.24, 2.45) is 0 Å². The maximum atomic E-state index is 12.3. The van der Waals surface area contributed by atoms with Gasteiger partial charge in [0.2, 0.25) is 5.91 Å². The van der Waals surface area contributed by atoms with Gasteiger partial charge in [-0.05, 0) is 36.8 Å². The van der Waals surface area contributed by atoms with Gasteiger partial charge in [-0.1, -0.05) is 48.5 Å². The molecule has 0 bridgehead atoms. The van der Waals surface area contributed by atoms with Crippen molar-refractivity contribution in [1.29, 1.82) is 0 Å². The Bertz CT molecular complexity index is 1050. The van der Waals surface area contributed by atoms with Gasteiger partial charge in [0.1, 0.15) is 0 Å². The summed E-state index contributed by atoms with van der Waals surface area (Å²) in [6.07, 6.45) is 0.385. The van der Waals surface area contributed by atoms with E-state index in [0.717, 1.165) is 17.8 Å². The largest absolute Gasteiger partial charge is 0.341 e. The number of rotatable bonds is 4. The van der Waals surface area contributed by atoms with Crippen molar-refractivity contribution >= 4 is 33.4 Å². The minimum atomic E-state index is 0.00443. The molecular weight excluding hydrogens is 308 g/mol. The maximum absolute atomic E-state index is 12.3. The fraction of sp³-hybridized carbons (Fsp3) is 0.136. The Balaban J connectivity index is 1.67. The lowest BCUT2D eigenvalue weighted by molar-refractivity contribution is -0.115. The highest BCUT2D eigenvalue weighted by molar-refractivity contribution is 6.09. The summed E-state index contributed by atoms with van der Waals surface area (Å²) < 4.78 is 2.31. The molecule has 1 aromatic heterocycles. The highest BCUT2D eigenvalue weighted by Gasteiger charge is 2.11. The molecule has 0 aliphatic heterocycles. The van der Waals surface area contributed by atoms with Crippen molar-refractivity contribution in [2.45, 2.75) is 19.9 Å². The molecule has 0 atom stereocenters. The number of benzene rings is 3. The van der Waals surface area contributed by atoms with E-state index in [0.29, 0.717) is 6.42 Å². The van der Waals surface area contributed by atoms with Crippen LogP contribution in [0, 0.1) is 0 Å². The van der Waals surface area contributed by atoms with Gasteiger partial charge in [0.05, 0.1) is 6.42 Å². The zero-order chi connectivity index (χ0) is 17.2. The first kappa shape index (κ1) is 15.5. The summed E-state index contributed by atoms with van der Waals surface area (Å²) in [6.45, 7) is 3.07. The van der Waals surface area contributed by atoms with E-state index < -0.39 is 0 Å². The highest BCUT2D eigenvalue weighted by atomic mass is 16.1. The smallest absolute Gasteiger partial charge is 0.228 e. The molecule has 0 unspecified atom stereocenters. The minimum absolute atomic E-state index is 0.00443. The van der Waals surface area contributed by atoms with Crippen molar-refractivity contribution in [3.05, 3.63) is 78.4 Å². The van der Waals surface area contributed by atoms with Gasteiger partial charge in [-0.15, -0.1) is 0 Å². The summed E-state index contributed by atoms with van der Waals surface area (Å²) in [6, 6.07) is 24.4. The zero-order valence-electron chi connectivity index (χ0n) is 14.2. The van der Waals surface area contributed by atoms with Crippen LogP contribution in [0.5, 0.6) is 0 Å². The second kappa shape index (κ2) is 6.44. The normalized spacial score (nSPS) is 11.1. The van der Waals surface area contributed by atoms with E-state index in [1.54, 1.807) is 0 Å². The predicted octanol–water partition coefficient (Wildman–Crippen LogP) is 5.00. The third-order valence-corrected chi connectivity index (χ3v) is 4.58. The van der Waals surface area contributed by atoms with Crippen molar-refractivity contribution < 1.29 is 4.79 Å². The molecule has 0 aliphatic carbocycles. The van der Waals surface area contributed by atoms with E-state index in [4.69, 9.17) is 0 Å². The van der Waals surface area contributed by atoms with E-state index in [1.165, 1.54) is 21.8 Å². The molecular formula is C22H20N2O. The molecule has 0 radical (unpaired) electrons. The van der Waals surface area contributed by atoms with Crippen LogP contribution in [0.15, 0.2) is 72.8 Å². The van der Waals surface area contributed by atoms with Gasteiger partial charge in [0.25, 0.3) is 0 Å². The Labute approximate surface area is 146 Å². The molecule has 1 heterocycles. The fourth-order valence-corrected chi connectivity index (χ4v) is 3.46. The lowest BCUT2D eigenvalue weighted by Gasteiger charge is -2.07. The number of aromatic nitrogens is 1. The molecule has 4 rings (SSSR count). The fourth-order valence-electron chi connectivity index (χ4n) is 3.46. The van der Waals surface area contributed by atoms with Gasteiger partial charge in [-0.3, -0.25) is 4.79 Å². The van der Waals surface area contributed by atoms with Crippen molar-refractivity contribution in [3.8, 4) is 0 Å². The third kappa shape index (κ3) is 2.89. The molecule has 25 heavy (non-hydrogen) atoms. The van der Waals surface area contributed by atoms with Crippen molar-refractivity contribution in [2.75, 3.05) is 5.32 Å². The van der Waals surface area contributed by atoms with Crippen LogP contribution < -0.4 is 5.32 Å². The van der Waals surface area contributed by atoms with Crippen LogP contribution in [0.25, 0.3) is 21.8 Å². The summed E-state index contributed by atoms with van der Waals surface area (Å²) >= 11 is 0. The molecule has 3 aromatic carbocycles. The number of carbonyl (C=O) groups excluding carboxylic acids is 1. The first-order chi connectivity index (χ1) is 12.3. The third-order valence-electron chi connectivity index (χ3n) is 4.58. The summed E-state index contributed by atoms with van der Waals surface area (Å²) in [5, 5.41) is 5.42. The van der Waals surface area contributed by atoms with Gasteiger partial charge in [-0.2, -0.15) is 0 Å². The van der Waals surface area contributed by atoms with E-state index in [1.807, 2.05) is 36.4 Å². The summed E-state index contributed by atoms with van der Waals surface area (Å²) in [4.78, 5) is 12.3. The predicted molar refractivity (Wildman–Crippen MR) is 104 cm³/mol. The maximum Gasteiger partial charge on any atom is 0.228 e. The van der Waals surface area contributed by atoms with E-state index in [2.05, 4.69) is 53.2 Å². The van der Waals surface area contributed by atoms with Crippen molar-refractivity contribution in [3.63, 3.8) is 0 Å². The van der Waals surface area contributed by atoms with E-state index in [9.17, 15) is 4.79 Å². The number of anilines is 1. The molecule has 4 aromatic rings. The van der Waals surface area contributed by atoms with Crippen LogP contribution in [0.2, 0.25) is 0 Å². The minimum Gasteiger partial charge on any atom is -0.341 e. The number of fused-ring (bicyclic) bond motifs is 3. The average Bonchev–Trinajstić information content (AvgIpc) is 2.95. The number of carbonyl (C=O) groups is 1. The molecule has 0 aliphatic rings. The SMILES string of the molecule is CCn1c2ccccc2c2cc(NC(=O)Cc3ccccc3)ccc21. The van der Waals surface area contributed by atoms with Crippen LogP contribution in [0.4, 0.5) is 5.69 Å². The molecule has 1 amide bonds. The summed E-state index contributed by atoms with van der Waals surface area (Å²) in [5.74, 6) is 0.00443. The number of amides is 1. The Morgan fingerprint density at radius 3 is 2.40 bits per heavy atom. The van der Waals surface area contributed by atoms with Gasteiger partial charge < -0.3 is 9.88 Å². The monoisotopic (exact) mass is 328 g/mol. The number of hydrogen-bond acceptors (Lipinski definition) is 1. The van der Waals surface area contributed by atoms with Crippen LogP contribution in [-0.4, -0.2) is 10.5 Å². The molecule has 0 fully saturated rings. The first-order valence-corrected chi connectivity index (χ1v) is 8.61. The van der Waals surface area contributed by atoms with Crippen LogP contribution >= 0.6 is 0 Å². The van der Waals surface area contributed by atoms with Gasteiger partial charge in [0.15, 0.2) is 0 Å². The Morgan fingerprint density at radius 2 is 1.60 bits per heavy atom. The average molecular weight is 328 g/mol. The Kier molecular flexibility index (Phi) is 3.98. The van der Waals surface area contributed by atoms with E-state index >= 15 is 0 Å². The Hall–Kier alpha value is -3.07. The molecule has 0 saturated carbocycles. The zero-order valence-corrected chi connectivity index (χ0v) is 14.2. The standard InChI is InChI=1S/C22H20N2O/c1-2-24-20-11-7-6-10-18(20)19-15-17(12-13-21(19)24)23-22(25)14-16-8-4-3-5-9-16/h3-13,15H,2,14H2,1H3,(H,23,25). The lowest BCUT2D eigenvalue weighted by Crippen LogP contribution is -2.14. The molecule has 1 N–H and O–H groups in total. The van der Waals surface area contributed by atoms with Gasteiger partial charge in [0, 0.05) is 34.0 Å². The van der Waals surface area contributed by atoms with Crippen molar-refractivity contribution in [1.82, 2.24) is 4.57 Å². The number of aryl methyl sites for hydroxylation is 1. The molecule has 0 saturated heterocycles. The molecule has 124 valence electrons. The highest BCUT2D eigenvalue weighted by Crippen LogP contribution is 2.30. The number of nitrogens with one attached hydrogen (secondary N) is 1. The number of para-hydroxylation sites is 1. The second-order valence-electron chi connectivity index (χ2n) is 6.20. The quantitative estimate of drug-likeness (QED) is 0.562. The number of hydrogen-bond donors (Lipinski definition) is 1. The second-order valence-corrected chi connectivity index (χ2v) is 6.20. The summed E-state index contributed by atoms with van der Waals surface area (Å²) in [7, 11) is 0.